The van der Waals surface area contributed by atoms with Gasteiger partial charge in [-0.25, -0.2) is 15.0 Å². The van der Waals surface area contributed by atoms with Gasteiger partial charge in [0.15, 0.2) is 5.82 Å². The van der Waals surface area contributed by atoms with E-state index in [1.165, 1.54) is 11.5 Å². The van der Waals surface area contributed by atoms with E-state index in [9.17, 15) is 0 Å². The molecule has 0 aliphatic carbocycles. The third kappa shape index (κ3) is 2.06. The summed E-state index contributed by atoms with van der Waals surface area (Å²) in [6, 6.07) is 0. The van der Waals surface area contributed by atoms with Gasteiger partial charge in [0.25, 0.3) is 0 Å². The van der Waals surface area contributed by atoms with Crippen molar-refractivity contribution in [2.24, 2.45) is 0 Å². The molecule has 0 saturated heterocycles. The predicted molar refractivity (Wildman–Crippen MR) is 61.6 cm³/mol. The fourth-order valence-corrected chi connectivity index (χ4v) is 1.65. The molecule has 0 unspecified atom stereocenters. The van der Waals surface area contributed by atoms with Crippen molar-refractivity contribution >= 4 is 17.3 Å². The van der Waals surface area contributed by atoms with E-state index in [-0.39, 0.29) is 0 Å². The summed E-state index contributed by atoms with van der Waals surface area (Å²) >= 11 is 1.27. The minimum atomic E-state index is 0.486. The van der Waals surface area contributed by atoms with Crippen molar-refractivity contribution in [2.75, 3.05) is 6.61 Å². The Kier molecular flexibility index (Phi) is 3.21. The van der Waals surface area contributed by atoms with Gasteiger partial charge in [0, 0.05) is 12.4 Å². The highest BCUT2D eigenvalue weighted by Gasteiger charge is 2.14. The Hall–Kier alpha value is -1.82. The van der Waals surface area contributed by atoms with Crippen molar-refractivity contribution in [2.45, 2.75) is 6.92 Å². The molecule has 2 heterocycles. The number of nitrogens with zero attached hydrogens (tertiary/aromatic N) is 4. The van der Waals surface area contributed by atoms with Crippen LogP contribution < -0.4 is 0 Å². The van der Waals surface area contributed by atoms with Crippen LogP contribution in [0.2, 0.25) is 0 Å². The van der Waals surface area contributed by atoms with Gasteiger partial charge in [-0.15, -0.1) is 0 Å². The fraction of sp³-hybridized carbons (Fsp3) is 0.200. The van der Waals surface area contributed by atoms with Gasteiger partial charge in [-0.3, -0.25) is 0 Å². The van der Waals surface area contributed by atoms with Gasteiger partial charge in [-0.1, -0.05) is 6.58 Å². The van der Waals surface area contributed by atoms with E-state index in [2.05, 4.69) is 25.9 Å². The molecular weight excluding hydrogens is 224 g/mol. The molecular formula is C10H10N4OS. The lowest BCUT2D eigenvalue weighted by Crippen LogP contribution is -1.99. The summed E-state index contributed by atoms with van der Waals surface area (Å²) in [4.78, 5) is 12.5. The Morgan fingerprint density at radius 2 is 2.19 bits per heavy atom. The smallest absolute Gasteiger partial charge is 0.193 e. The summed E-state index contributed by atoms with van der Waals surface area (Å²) in [5, 5.41) is 0. The van der Waals surface area contributed by atoms with E-state index in [0.717, 1.165) is 0 Å². The highest BCUT2D eigenvalue weighted by Crippen LogP contribution is 2.22. The first-order valence-electron chi connectivity index (χ1n) is 4.72. The van der Waals surface area contributed by atoms with Crippen molar-refractivity contribution < 1.29 is 4.74 Å². The lowest BCUT2D eigenvalue weighted by Gasteiger charge is -2.07. The number of rotatable bonds is 4. The summed E-state index contributed by atoms with van der Waals surface area (Å²) in [6.07, 6.45) is 3.19. The average molecular weight is 234 g/mol. The van der Waals surface area contributed by atoms with Gasteiger partial charge < -0.3 is 4.74 Å². The first-order chi connectivity index (χ1) is 7.83. The monoisotopic (exact) mass is 234 g/mol. The van der Waals surface area contributed by atoms with Crippen molar-refractivity contribution in [3.8, 4) is 11.5 Å². The number of hydrogen-bond donors (Lipinski definition) is 0. The topological polar surface area (TPSA) is 60.8 Å². The van der Waals surface area contributed by atoms with Crippen molar-refractivity contribution in [1.82, 2.24) is 19.3 Å². The van der Waals surface area contributed by atoms with Crippen LogP contribution in [-0.4, -0.2) is 25.9 Å². The first kappa shape index (κ1) is 10.7. The zero-order chi connectivity index (χ0) is 11.4. The number of aromatic nitrogens is 4. The van der Waals surface area contributed by atoms with Crippen LogP contribution in [0.15, 0.2) is 24.5 Å². The van der Waals surface area contributed by atoms with Gasteiger partial charge in [0.2, 0.25) is 0 Å². The molecule has 0 fully saturated rings. The lowest BCUT2D eigenvalue weighted by atomic mass is 10.2. The molecule has 2 aromatic rings. The molecule has 0 spiro atoms. The third-order valence-electron chi connectivity index (χ3n) is 1.85. The molecule has 0 N–H and O–H groups in total. The van der Waals surface area contributed by atoms with E-state index in [0.29, 0.717) is 29.6 Å². The van der Waals surface area contributed by atoms with Crippen molar-refractivity contribution in [3.05, 3.63) is 30.2 Å². The van der Waals surface area contributed by atoms with Gasteiger partial charge in [-0.05, 0) is 18.5 Å². The standard InChI is InChI=1S/C10H10N4OS/c1-3-15-7(2)8-9(12-5-4-11-8)10-13-6-16-14-10/h4-6H,2-3H2,1H3. The van der Waals surface area contributed by atoms with Crippen LogP contribution in [0.4, 0.5) is 0 Å². The van der Waals surface area contributed by atoms with Gasteiger partial charge >= 0.3 is 0 Å². The van der Waals surface area contributed by atoms with Crippen LogP contribution in [0.1, 0.15) is 12.6 Å². The molecule has 6 heteroatoms. The molecule has 5 nitrogen and oxygen atoms in total. The number of ether oxygens (including phenoxy) is 1. The van der Waals surface area contributed by atoms with Crippen molar-refractivity contribution in [3.63, 3.8) is 0 Å². The normalized spacial score (nSPS) is 10.1. The third-order valence-corrected chi connectivity index (χ3v) is 2.33. The molecule has 0 bridgehead atoms. The highest BCUT2D eigenvalue weighted by molar-refractivity contribution is 7.03. The van der Waals surface area contributed by atoms with Crippen LogP contribution in [-0.2, 0) is 4.74 Å². The number of hydrogen-bond acceptors (Lipinski definition) is 6. The molecule has 82 valence electrons. The summed E-state index contributed by atoms with van der Waals surface area (Å²) in [5.74, 6) is 1.04. The van der Waals surface area contributed by atoms with Crippen molar-refractivity contribution in [1.29, 1.82) is 0 Å². The molecule has 0 amide bonds. The minimum Gasteiger partial charge on any atom is -0.492 e. The molecule has 2 rings (SSSR count). The molecule has 0 aromatic carbocycles. The average Bonchev–Trinajstić information content (AvgIpc) is 2.83. The second-order valence-electron chi connectivity index (χ2n) is 2.86. The molecule has 0 radical (unpaired) electrons. The minimum absolute atomic E-state index is 0.486. The predicted octanol–water partition coefficient (Wildman–Crippen LogP) is 2.00. The van der Waals surface area contributed by atoms with E-state index in [4.69, 9.17) is 4.74 Å². The molecule has 0 atom stereocenters. The van der Waals surface area contributed by atoms with E-state index >= 15 is 0 Å². The zero-order valence-electron chi connectivity index (χ0n) is 8.75. The van der Waals surface area contributed by atoms with Crippen LogP contribution in [0.25, 0.3) is 17.3 Å². The Bertz CT molecular complexity index is 483. The highest BCUT2D eigenvalue weighted by atomic mass is 32.1. The largest absolute Gasteiger partial charge is 0.492 e. The second kappa shape index (κ2) is 4.80. The Labute approximate surface area is 97.0 Å². The Morgan fingerprint density at radius 1 is 1.38 bits per heavy atom. The molecule has 16 heavy (non-hydrogen) atoms. The second-order valence-corrected chi connectivity index (χ2v) is 3.47. The molecule has 2 aromatic heterocycles. The Balaban J connectivity index is 2.42. The SMILES string of the molecule is C=C(OCC)c1nccnc1-c1ncsn1. The van der Waals surface area contributed by atoms with Gasteiger partial charge in [0.1, 0.15) is 22.7 Å². The summed E-state index contributed by atoms with van der Waals surface area (Å²) in [7, 11) is 0. The van der Waals surface area contributed by atoms with E-state index < -0.39 is 0 Å². The molecule has 0 saturated carbocycles. The summed E-state index contributed by atoms with van der Waals surface area (Å²) in [6.45, 7) is 6.24. The van der Waals surface area contributed by atoms with Crippen LogP contribution in [0, 0.1) is 0 Å². The van der Waals surface area contributed by atoms with Crippen LogP contribution >= 0.6 is 11.5 Å². The molecule has 0 aliphatic heterocycles. The maximum atomic E-state index is 5.32. The lowest BCUT2D eigenvalue weighted by molar-refractivity contribution is 0.298. The van der Waals surface area contributed by atoms with E-state index in [1.54, 1.807) is 17.9 Å². The Morgan fingerprint density at radius 3 is 2.88 bits per heavy atom. The van der Waals surface area contributed by atoms with Gasteiger partial charge in [0.05, 0.1) is 6.61 Å². The summed E-state index contributed by atoms with van der Waals surface area (Å²) < 4.78 is 9.44. The maximum Gasteiger partial charge on any atom is 0.193 e. The van der Waals surface area contributed by atoms with E-state index in [1.807, 2.05) is 6.92 Å². The summed E-state index contributed by atoms with van der Waals surface area (Å²) in [5.41, 5.74) is 2.84. The van der Waals surface area contributed by atoms with Crippen LogP contribution in [0.5, 0.6) is 0 Å². The fourth-order valence-electron chi connectivity index (χ4n) is 1.22. The molecule has 0 aliphatic rings. The van der Waals surface area contributed by atoms with Gasteiger partial charge in [-0.2, -0.15) is 4.37 Å². The van der Waals surface area contributed by atoms with Crippen LogP contribution in [0.3, 0.4) is 0 Å². The zero-order valence-corrected chi connectivity index (χ0v) is 9.57. The first-order valence-corrected chi connectivity index (χ1v) is 5.56. The maximum absolute atomic E-state index is 5.32. The quantitative estimate of drug-likeness (QED) is 0.757.